The van der Waals surface area contributed by atoms with Crippen LogP contribution in [0.2, 0.25) is 0 Å². The quantitative estimate of drug-likeness (QED) is 0.532. The lowest BCUT2D eigenvalue weighted by Crippen LogP contribution is -2.48. The molecule has 2 fully saturated rings. The van der Waals surface area contributed by atoms with Crippen molar-refractivity contribution in [2.24, 2.45) is 5.73 Å². The monoisotopic (exact) mass is 142 g/mol. The Morgan fingerprint density at radius 1 is 1.40 bits per heavy atom. The number of ether oxygens (including phenoxy) is 1. The summed E-state index contributed by atoms with van der Waals surface area (Å²) in [5.74, 6) is 0. The molecule has 0 aromatic carbocycles. The van der Waals surface area contributed by atoms with Crippen LogP contribution in [-0.2, 0) is 4.74 Å². The van der Waals surface area contributed by atoms with Gasteiger partial charge in [-0.2, -0.15) is 0 Å². The molecule has 3 heteroatoms. The molecule has 2 N–H and O–H groups in total. The fraction of sp³-hybridized carbons (Fsp3) is 1.00. The molecule has 0 amide bonds. The first-order valence-corrected chi connectivity index (χ1v) is 3.93. The molecule has 0 radical (unpaired) electrons. The number of hydrogen-bond donors (Lipinski definition) is 1. The van der Waals surface area contributed by atoms with Crippen molar-refractivity contribution in [3.05, 3.63) is 0 Å². The zero-order valence-electron chi connectivity index (χ0n) is 6.12. The third kappa shape index (κ3) is 1.05. The van der Waals surface area contributed by atoms with Gasteiger partial charge in [-0.15, -0.1) is 0 Å². The second-order valence-corrected chi connectivity index (χ2v) is 3.23. The number of likely N-dealkylation sites (tertiary alicyclic amines) is 1. The maximum Gasteiger partial charge on any atom is 0.0645 e. The van der Waals surface area contributed by atoms with Gasteiger partial charge in [0.05, 0.1) is 19.3 Å². The minimum atomic E-state index is 0.417. The Morgan fingerprint density at radius 2 is 2.20 bits per heavy atom. The zero-order valence-corrected chi connectivity index (χ0v) is 6.12. The van der Waals surface area contributed by atoms with E-state index in [1.54, 1.807) is 0 Å². The summed E-state index contributed by atoms with van der Waals surface area (Å²) < 4.78 is 5.10. The molecule has 2 saturated heterocycles. The van der Waals surface area contributed by atoms with Gasteiger partial charge in [0.1, 0.15) is 0 Å². The highest BCUT2D eigenvalue weighted by Gasteiger charge is 2.30. The van der Waals surface area contributed by atoms with Crippen LogP contribution in [0.5, 0.6) is 0 Å². The Bertz CT molecular complexity index is 125. The van der Waals surface area contributed by atoms with Crippen molar-refractivity contribution >= 4 is 0 Å². The highest BCUT2D eigenvalue weighted by molar-refractivity contribution is 4.86. The van der Waals surface area contributed by atoms with Crippen LogP contribution in [0, 0.1) is 0 Å². The van der Waals surface area contributed by atoms with Crippen LogP contribution < -0.4 is 5.73 Å². The molecule has 58 valence electrons. The van der Waals surface area contributed by atoms with Crippen LogP contribution in [0.25, 0.3) is 0 Å². The first-order valence-electron chi connectivity index (χ1n) is 3.93. The Labute approximate surface area is 61.1 Å². The SMILES string of the molecule is N[C@@H]1CCN(C2COC2)C1. The Kier molecular flexibility index (Phi) is 1.64. The van der Waals surface area contributed by atoms with Gasteiger partial charge in [-0.05, 0) is 6.42 Å². The molecule has 0 unspecified atom stereocenters. The lowest BCUT2D eigenvalue weighted by atomic mass is 10.2. The predicted molar refractivity (Wildman–Crippen MR) is 38.8 cm³/mol. The Hall–Kier alpha value is -0.120. The van der Waals surface area contributed by atoms with Crippen molar-refractivity contribution in [1.82, 2.24) is 4.90 Å². The molecule has 0 spiro atoms. The number of hydrogen-bond acceptors (Lipinski definition) is 3. The Morgan fingerprint density at radius 3 is 2.60 bits per heavy atom. The van der Waals surface area contributed by atoms with E-state index in [9.17, 15) is 0 Å². The summed E-state index contributed by atoms with van der Waals surface area (Å²) >= 11 is 0. The van der Waals surface area contributed by atoms with Crippen molar-refractivity contribution in [2.75, 3.05) is 26.3 Å². The first kappa shape index (κ1) is 6.58. The highest BCUT2D eigenvalue weighted by Crippen LogP contribution is 2.16. The summed E-state index contributed by atoms with van der Waals surface area (Å²) in [6.45, 7) is 4.10. The molecule has 10 heavy (non-hydrogen) atoms. The second kappa shape index (κ2) is 2.49. The number of nitrogens with zero attached hydrogens (tertiary/aromatic N) is 1. The second-order valence-electron chi connectivity index (χ2n) is 3.23. The minimum Gasteiger partial charge on any atom is -0.378 e. The molecule has 0 aliphatic carbocycles. The molecule has 0 aromatic heterocycles. The van der Waals surface area contributed by atoms with Crippen molar-refractivity contribution in [3.63, 3.8) is 0 Å². The summed E-state index contributed by atoms with van der Waals surface area (Å²) in [7, 11) is 0. The molecule has 1 atom stereocenters. The topological polar surface area (TPSA) is 38.5 Å². The van der Waals surface area contributed by atoms with Crippen LogP contribution in [0.1, 0.15) is 6.42 Å². The zero-order chi connectivity index (χ0) is 6.97. The van der Waals surface area contributed by atoms with Gasteiger partial charge in [-0.3, -0.25) is 4.90 Å². The minimum absolute atomic E-state index is 0.417. The lowest BCUT2D eigenvalue weighted by Gasteiger charge is -2.34. The van der Waals surface area contributed by atoms with E-state index < -0.39 is 0 Å². The maximum atomic E-state index is 5.76. The van der Waals surface area contributed by atoms with Crippen LogP contribution in [0.3, 0.4) is 0 Å². The molecular formula is C7H14N2O. The molecule has 2 aliphatic heterocycles. The van der Waals surface area contributed by atoms with Gasteiger partial charge in [0.15, 0.2) is 0 Å². The van der Waals surface area contributed by atoms with E-state index in [-0.39, 0.29) is 0 Å². The van der Waals surface area contributed by atoms with E-state index in [4.69, 9.17) is 10.5 Å². The average molecular weight is 142 g/mol. The number of rotatable bonds is 1. The summed E-state index contributed by atoms with van der Waals surface area (Å²) in [6.07, 6.45) is 1.16. The van der Waals surface area contributed by atoms with Gasteiger partial charge in [0.25, 0.3) is 0 Å². The van der Waals surface area contributed by atoms with Crippen molar-refractivity contribution in [2.45, 2.75) is 18.5 Å². The number of nitrogens with two attached hydrogens (primary N) is 1. The lowest BCUT2D eigenvalue weighted by molar-refractivity contribution is -0.0572. The van der Waals surface area contributed by atoms with Gasteiger partial charge in [0.2, 0.25) is 0 Å². The Balaban J connectivity index is 1.82. The molecule has 3 nitrogen and oxygen atoms in total. The van der Waals surface area contributed by atoms with Crippen molar-refractivity contribution < 1.29 is 4.74 Å². The third-order valence-corrected chi connectivity index (χ3v) is 2.39. The summed E-state index contributed by atoms with van der Waals surface area (Å²) in [5.41, 5.74) is 5.76. The molecule has 0 saturated carbocycles. The fourth-order valence-electron chi connectivity index (χ4n) is 1.58. The molecule has 2 aliphatic rings. The maximum absolute atomic E-state index is 5.76. The average Bonchev–Trinajstić information content (AvgIpc) is 2.10. The van der Waals surface area contributed by atoms with Crippen LogP contribution in [0.4, 0.5) is 0 Å². The van der Waals surface area contributed by atoms with E-state index in [0.29, 0.717) is 12.1 Å². The summed E-state index contributed by atoms with van der Waals surface area (Å²) in [5, 5.41) is 0. The first-order chi connectivity index (χ1) is 4.86. The third-order valence-electron chi connectivity index (χ3n) is 2.39. The van der Waals surface area contributed by atoms with E-state index in [0.717, 1.165) is 26.2 Å². The van der Waals surface area contributed by atoms with Gasteiger partial charge < -0.3 is 10.5 Å². The fourth-order valence-corrected chi connectivity index (χ4v) is 1.58. The molecule has 0 bridgehead atoms. The van der Waals surface area contributed by atoms with Gasteiger partial charge in [0, 0.05) is 19.1 Å². The molecule has 2 heterocycles. The van der Waals surface area contributed by atoms with Gasteiger partial charge >= 0.3 is 0 Å². The summed E-state index contributed by atoms with van der Waals surface area (Å²) in [4.78, 5) is 2.44. The van der Waals surface area contributed by atoms with E-state index in [1.807, 2.05) is 0 Å². The highest BCUT2D eigenvalue weighted by atomic mass is 16.5. The predicted octanol–water partition coefficient (Wildman–Crippen LogP) is -0.582. The van der Waals surface area contributed by atoms with E-state index in [2.05, 4.69) is 4.90 Å². The van der Waals surface area contributed by atoms with E-state index in [1.165, 1.54) is 6.54 Å². The van der Waals surface area contributed by atoms with Crippen molar-refractivity contribution in [1.29, 1.82) is 0 Å². The van der Waals surface area contributed by atoms with E-state index >= 15 is 0 Å². The summed E-state index contributed by atoms with van der Waals surface area (Å²) in [6, 6.07) is 1.11. The van der Waals surface area contributed by atoms with Crippen molar-refractivity contribution in [3.8, 4) is 0 Å². The van der Waals surface area contributed by atoms with Crippen LogP contribution >= 0.6 is 0 Å². The standard InChI is InChI=1S/C7H14N2O/c8-6-1-2-9(3-6)7-4-10-5-7/h6-7H,1-5,8H2/t6-/m1/s1. The molecule has 2 rings (SSSR count). The largest absolute Gasteiger partial charge is 0.378 e. The smallest absolute Gasteiger partial charge is 0.0645 e. The molecule has 0 aromatic rings. The van der Waals surface area contributed by atoms with Crippen LogP contribution in [-0.4, -0.2) is 43.3 Å². The molecular weight excluding hydrogens is 128 g/mol. The van der Waals surface area contributed by atoms with Crippen LogP contribution in [0.15, 0.2) is 0 Å². The normalized spacial score (nSPS) is 36.3. The van der Waals surface area contributed by atoms with Gasteiger partial charge in [-0.25, -0.2) is 0 Å². The van der Waals surface area contributed by atoms with Gasteiger partial charge in [-0.1, -0.05) is 0 Å².